The molecule has 1 atom stereocenters. The minimum absolute atomic E-state index is 0.228. The number of methoxy groups -OCH3 is 1. The van der Waals surface area contributed by atoms with Crippen molar-refractivity contribution in [3.05, 3.63) is 41.6 Å². The zero-order chi connectivity index (χ0) is 18.5. The van der Waals surface area contributed by atoms with E-state index in [-0.39, 0.29) is 12.6 Å². The summed E-state index contributed by atoms with van der Waals surface area (Å²) in [4.78, 5) is 16.3. The lowest BCUT2D eigenvalue weighted by atomic mass is 10.2. The minimum atomic E-state index is -0.564. The topological polar surface area (TPSA) is 112 Å². The van der Waals surface area contributed by atoms with Gasteiger partial charge in [0, 0.05) is 11.8 Å². The molecule has 3 aromatic rings. The molecular weight excluding hydrogens is 356 g/mol. The molecule has 0 saturated carbocycles. The molecule has 1 aromatic carbocycles. The summed E-state index contributed by atoms with van der Waals surface area (Å²) in [5.74, 6) is 1.37. The summed E-state index contributed by atoms with van der Waals surface area (Å²) in [5.41, 5.74) is 5.87. The van der Waals surface area contributed by atoms with E-state index < -0.39 is 5.91 Å². The molecule has 9 heteroatoms. The first-order chi connectivity index (χ1) is 12.6. The van der Waals surface area contributed by atoms with Crippen LogP contribution in [-0.4, -0.2) is 29.8 Å². The van der Waals surface area contributed by atoms with Crippen LogP contribution in [-0.2, 0) is 4.79 Å². The van der Waals surface area contributed by atoms with Crippen molar-refractivity contribution in [1.29, 1.82) is 0 Å². The lowest BCUT2D eigenvalue weighted by Crippen LogP contribution is -2.20. The Labute approximate surface area is 153 Å². The third kappa shape index (κ3) is 4.12. The minimum Gasteiger partial charge on any atom is -0.493 e. The molecular formula is C17H18N4O4S. The summed E-state index contributed by atoms with van der Waals surface area (Å²) in [7, 11) is 1.52. The van der Waals surface area contributed by atoms with E-state index in [0.717, 1.165) is 10.6 Å². The van der Waals surface area contributed by atoms with E-state index in [2.05, 4.69) is 15.5 Å². The number of nitrogens with two attached hydrogens (primary N) is 1. The molecule has 0 radical (unpaired) electrons. The number of anilines is 1. The summed E-state index contributed by atoms with van der Waals surface area (Å²) in [6.07, 6.45) is 0. The molecule has 0 aliphatic heterocycles. The monoisotopic (exact) mass is 374 g/mol. The maximum absolute atomic E-state index is 10.9. The summed E-state index contributed by atoms with van der Waals surface area (Å²) < 4.78 is 15.9. The molecule has 0 aliphatic rings. The number of carbonyl (C=O) groups excluding carboxylic acids is 1. The Morgan fingerprint density at radius 3 is 2.92 bits per heavy atom. The Morgan fingerprint density at radius 2 is 2.23 bits per heavy atom. The molecule has 136 valence electrons. The van der Waals surface area contributed by atoms with Gasteiger partial charge in [0.1, 0.15) is 6.04 Å². The molecule has 2 aromatic heterocycles. The number of ether oxygens (including phenoxy) is 2. The normalized spacial score (nSPS) is 11.8. The van der Waals surface area contributed by atoms with Crippen LogP contribution < -0.4 is 20.5 Å². The second-order valence-corrected chi connectivity index (χ2v) is 6.37. The largest absolute Gasteiger partial charge is 0.493 e. The van der Waals surface area contributed by atoms with Crippen molar-refractivity contribution in [1.82, 2.24) is 10.1 Å². The van der Waals surface area contributed by atoms with Gasteiger partial charge in [-0.1, -0.05) is 11.2 Å². The highest BCUT2D eigenvalue weighted by atomic mass is 32.1. The number of thiophene rings is 1. The molecule has 0 fully saturated rings. The number of nitrogens with one attached hydrogen (secondary N) is 1. The molecule has 0 saturated heterocycles. The number of amides is 1. The maximum Gasteiger partial charge on any atom is 0.255 e. The van der Waals surface area contributed by atoms with Gasteiger partial charge in [-0.2, -0.15) is 4.98 Å². The first-order valence-electron chi connectivity index (χ1n) is 7.80. The van der Waals surface area contributed by atoms with E-state index in [1.807, 2.05) is 30.5 Å². The van der Waals surface area contributed by atoms with Crippen molar-refractivity contribution in [2.45, 2.75) is 13.0 Å². The number of carbonyl (C=O) groups is 1. The van der Waals surface area contributed by atoms with Crippen LogP contribution >= 0.6 is 11.3 Å². The third-order valence-corrected chi connectivity index (χ3v) is 4.34. The van der Waals surface area contributed by atoms with Crippen molar-refractivity contribution >= 4 is 22.9 Å². The smallest absolute Gasteiger partial charge is 0.255 e. The van der Waals surface area contributed by atoms with Gasteiger partial charge in [-0.15, -0.1) is 11.3 Å². The zero-order valence-corrected chi connectivity index (χ0v) is 15.1. The molecule has 0 aliphatic carbocycles. The van der Waals surface area contributed by atoms with Crippen molar-refractivity contribution in [3.63, 3.8) is 0 Å². The van der Waals surface area contributed by atoms with Gasteiger partial charge in [-0.3, -0.25) is 4.79 Å². The zero-order valence-electron chi connectivity index (χ0n) is 14.3. The second-order valence-electron chi connectivity index (χ2n) is 5.42. The van der Waals surface area contributed by atoms with E-state index in [1.165, 1.54) is 7.11 Å². The van der Waals surface area contributed by atoms with Gasteiger partial charge in [0.05, 0.1) is 12.0 Å². The second kappa shape index (κ2) is 7.87. The van der Waals surface area contributed by atoms with Crippen molar-refractivity contribution in [3.8, 4) is 22.2 Å². The standard InChI is InChI=1S/C17H18N4O4S/c1-10(17-20-16(21-25-17)14-4-3-7-26-14)19-11-5-6-12(23-2)13(8-11)24-9-15(18)22/h3-8,10,19H,9H2,1-2H3,(H2,18,22)/t10-/m0/s1. The van der Waals surface area contributed by atoms with E-state index >= 15 is 0 Å². The van der Waals surface area contributed by atoms with Crippen LogP contribution in [0.5, 0.6) is 11.5 Å². The predicted molar refractivity (Wildman–Crippen MR) is 97.3 cm³/mol. The number of rotatable bonds is 8. The Kier molecular flexibility index (Phi) is 5.37. The lowest BCUT2D eigenvalue weighted by Gasteiger charge is -2.14. The Balaban J connectivity index is 1.73. The fourth-order valence-corrected chi connectivity index (χ4v) is 2.91. The van der Waals surface area contributed by atoms with Crippen LogP contribution in [0.4, 0.5) is 5.69 Å². The molecule has 0 unspecified atom stereocenters. The van der Waals surface area contributed by atoms with Gasteiger partial charge in [0.2, 0.25) is 11.7 Å². The summed E-state index contributed by atoms with van der Waals surface area (Å²) in [6.45, 7) is 1.67. The van der Waals surface area contributed by atoms with Crippen LogP contribution in [0.1, 0.15) is 18.9 Å². The number of hydrogen-bond donors (Lipinski definition) is 2. The number of primary amides is 1. The highest BCUT2D eigenvalue weighted by molar-refractivity contribution is 7.13. The molecule has 0 spiro atoms. The third-order valence-electron chi connectivity index (χ3n) is 3.47. The molecule has 3 rings (SSSR count). The van der Waals surface area contributed by atoms with E-state index in [0.29, 0.717) is 23.2 Å². The molecule has 3 N–H and O–H groups in total. The van der Waals surface area contributed by atoms with Crippen LogP contribution in [0, 0.1) is 0 Å². The van der Waals surface area contributed by atoms with E-state index in [4.69, 9.17) is 19.7 Å². The van der Waals surface area contributed by atoms with Crippen molar-refractivity contribution in [2.75, 3.05) is 19.0 Å². The van der Waals surface area contributed by atoms with Crippen LogP contribution in [0.15, 0.2) is 40.2 Å². The number of benzene rings is 1. The van der Waals surface area contributed by atoms with E-state index in [9.17, 15) is 4.79 Å². The molecule has 0 bridgehead atoms. The predicted octanol–water partition coefficient (Wildman–Crippen LogP) is 2.84. The van der Waals surface area contributed by atoms with Crippen LogP contribution in [0.25, 0.3) is 10.7 Å². The Hall–Kier alpha value is -3.07. The highest BCUT2D eigenvalue weighted by Gasteiger charge is 2.16. The molecule has 1 amide bonds. The quantitative estimate of drug-likeness (QED) is 0.623. The highest BCUT2D eigenvalue weighted by Crippen LogP contribution is 2.32. The number of aromatic nitrogens is 2. The lowest BCUT2D eigenvalue weighted by molar-refractivity contribution is -0.119. The first-order valence-corrected chi connectivity index (χ1v) is 8.68. The van der Waals surface area contributed by atoms with Crippen LogP contribution in [0.3, 0.4) is 0 Å². The summed E-state index contributed by atoms with van der Waals surface area (Å²) in [6, 6.07) is 8.91. The van der Waals surface area contributed by atoms with Crippen molar-refractivity contribution in [2.24, 2.45) is 5.73 Å². The van der Waals surface area contributed by atoms with Gasteiger partial charge < -0.3 is 25.0 Å². The average molecular weight is 374 g/mol. The van der Waals surface area contributed by atoms with Gasteiger partial charge in [0.25, 0.3) is 5.91 Å². The van der Waals surface area contributed by atoms with Crippen molar-refractivity contribution < 1.29 is 18.8 Å². The van der Waals surface area contributed by atoms with E-state index in [1.54, 1.807) is 23.5 Å². The SMILES string of the molecule is COc1ccc(N[C@@H](C)c2nc(-c3cccs3)no2)cc1OCC(N)=O. The average Bonchev–Trinajstić information content (AvgIpc) is 3.31. The number of hydrogen-bond acceptors (Lipinski definition) is 8. The van der Waals surface area contributed by atoms with Gasteiger partial charge >= 0.3 is 0 Å². The van der Waals surface area contributed by atoms with Gasteiger partial charge in [-0.25, -0.2) is 0 Å². The summed E-state index contributed by atoms with van der Waals surface area (Å²) in [5, 5.41) is 9.21. The fraction of sp³-hybridized carbons (Fsp3) is 0.235. The van der Waals surface area contributed by atoms with Gasteiger partial charge in [0.15, 0.2) is 18.1 Å². The number of nitrogens with zero attached hydrogens (tertiary/aromatic N) is 2. The first kappa shape index (κ1) is 17.7. The summed E-state index contributed by atoms with van der Waals surface area (Å²) >= 11 is 1.55. The molecule has 2 heterocycles. The Bertz CT molecular complexity index is 879. The fourth-order valence-electron chi connectivity index (χ4n) is 2.26. The molecule has 8 nitrogen and oxygen atoms in total. The maximum atomic E-state index is 10.9. The Morgan fingerprint density at radius 1 is 1.38 bits per heavy atom. The molecule has 26 heavy (non-hydrogen) atoms. The van der Waals surface area contributed by atoms with Crippen LogP contribution in [0.2, 0.25) is 0 Å². The van der Waals surface area contributed by atoms with Gasteiger partial charge in [-0.05, 0) is 30.5 Å².